The first-order chi connectivity index (χ1) is 9.16. The van der Waals surface area contributed by atoms with E-state index >= 15 is 0 Å². The van der Waals surface area contributed by atoms with Crippen molar-refractivity contribution in [3.05, 3.63) is 41.9 Å². The number of carbonyl (C=O) groups excluding carboxylic acids is 1. The van der Waals surface area contributed by atoms with Crippen LogP contribution in [0.5, 0.6) is 0 Å². The number of carbonyl (C=O) groups is 1. The molecule has 0 spiro atoms. The number of rotatable bonds is 4. The van der Waals surface area contributed by atoms with Crippen molar-refractivity contribution in [2.75, 3.05) is 14.1 Å². The van der Waals surface area contributed by atoms with E-state index in [9.17, 15) is 4.79 Å². The fourth-order valence-electron chi connectivity index (χ4n) is 2.11. The molecule has 0 saturated heterocycles. The van der Waals surface area contributed by atoms with Gasteiger partial charge in [0.1, 0.15) is 0 Å². The Kier molecular flexibility index (Phi) is 2.81. The molecule has 98 valence electrons. The summed E-state index contributed by atoms with van der Waals surface area (Å²) < 4.78 is 1.56. The molecule has 5 heteroatoms. The standard InChI is InChI=1S/C14H16N4O/c1-17(2)9-7-12(19)13-11-4-3-8-15-18(11)16-14(13)10-5-6-10/h3-4,7-10H,5-6H2,1-2H3/b9-7+. The Hall–Kier alpha value is -2.17. The van der Waals surface area contributed by atoms with Gasteiger partial charge in [-0.25, -0.2) is 0 Å². The SMILES string of the molecule is CN(C)/C=C/C(=O)c1c(C2CC2)nn2ncccc12. The third-order valence-corrected chi connectivity index (χ3v) is 3.18. The number of nitrogens with zero attached hydrogens (tertiary/aromatic N) is 4. The molecule has 19 heavy (non-hydrogen) atoms. The van der Waals surface area contributed by atoms with Crippen LogP contribution in [0.4, 0.5) is 0 Å². The van der Waals surface area contributed by atoms with Crippen LogP contribution in [0.25, 0.3) is 5.52 Å². The zero-order valence-corrected chi connectivity index (χ0v) is 11.1. The van der Waals surface area contributed by atoms with Crippen molar-refractivity contribution in [3.8, 4) is 0 Å². The predicted octanol–water partition coefficient (Wildman–Crippen LogP) is 1.86. The molecule has 0 bridgehead atoms. The van der Waals surface area contributed by atoms with Crippen LogP contribution in [0.3, 0.4) is 0 Å². The molecule has 0 amide bonds. The first-order valence-electron chi connectivity index (χ1n) is 6.39. The quantitative estimate of drug-likeness (QED) is 0.619. The van der Waals surface area contributed by atoms with Crippen molar-refractivity contribution < 1.29 is 4.79 Å². The smallest absolute Gasteiger partial charge is 0.191 e. The van der Waals surface area contributed by atoms with Crippen molar-refractivity contribution >= 4 is 11.3 Å². The molecule has 1 saturated carbocycles. The molecular formula is C14H16N4O. The summed E-state index contributed by atoms with van der Waals surface area (Å²) in [5.41, 5.74) is 2.39. The van der Waals surface area contributed by atoms with Crippen LogP contribution in [0.2, 0.25) is 0 Å². The van der Waals surface area contributed by atoms with E-state index < -0.39 is 0 Å². The van der Waals surface area contributed by atoms with Crippen LogP contribution in [0, 0.1) is 0 Å². The molecule has 0 N–H and O–H groups in total. The van der Waals surface area contributed by atoms with E-state index in [-0.39, 0.29) is 5.78 Å². The van der Waals surface area contributed by atoms with Crippen LogP contribution in [-0.2, 0) is 0 Å². The van der Waals surface area contributed by atoms with Crippen LogP contribution in [-0.4, -0.2) is 39.6 Å². The molecule has 0 radical (unpaired) electrons. The average Bonchev–Trinajstić information content (AvgIpc) is 3.16. The summed E-state index contributed by atoms with van der Waals surface area (Å²) in [6.45, 7) is 0. The van der Waals surface area contributed by atoms with Gasteiger partial charge in [0.2, 0.25) is 0 Å². The Morgan fingerprint density at radius 1 is 1.47 bits per heavy atom. The highest BCUT2D eigenvalue weighted by atomic mass is 16.1. The third kappa shape index (κ3) is 2.23. The van der Waals surface area contributed by atoms with Gasteiger partial charge >= 0.3 is 0 Å². The summed E-state index contributed by atoms with van der Waals surface area (Å²) in [5, 5.41) is 8.63. The van der Waals surface area contributed by atoms with Gasteiger partial charge in [-0.3, -0.25) is 4.79 Å². The summed E-state index contributed by atoms with van der Waals surface area (Å²) in [4.78, 5) is 14.2. The van der Waals surface area contributed by atoms with Crippen molar-refractivity contribution in [2.24, 2.45) is 0 Å². The lowest BCUT2D eigenvalue weighted by molar-refractivity contribution is 0.104. The summed E-state index contributed by atoms with van der Waals surface area (Å²) >= 11 is 0. The maximum absolute atomic E-state index is 12.4. The van der Waals surface area contributed by atoms with Gasteiger partial charge in [-0.1, -0.05) is 0 Å². The number of ketones is 1. The van der Waals surface area contributed by atoms with E-state index in [1.807, 2.05) is 31.1 Å². The molecule has 0 aromatic carbocycles. The second-order valence-corrected chi connectivity index (χ2v) is 5.08. The van der Waals surface area contributed by atoms with Gasteiger partial charge in [-0.15, -0.1) is 0 Å². The molecule has 1 aliphatic rings. The van der Waals surface area contributed by atoms with Gasteiger partial charge < -0.3 is 4.90 Å². The topological polar surface area (TPSA) is 50.5 Å². The maximum atomic E-state index is 12.4. The number of hydrogen-bond acceptors (Lipinski definition) is 4. The van der Waals surface area contributed by atoms with E-state index in [4.69, 9.17) is 0 Å². The Morgan fingerprint density at radius 3 is 2.95 bits per heavy atom. The van der Waals surface area contributed by atoms with E-state index in [0.29, 0.717) is 11.5 Å². The first-order valence-corrected chi connectivity index (χ1v) is 6.39. The molecule has 0 unspecified atom stereocenters. The average molecular weight is 256 g/mol. The molecule has 5 nitrogen and oxygen atoms in total. The first kappa shape index (κ1) is 11.9. The molecule has 2 aromatic rings. The van der Waals surface area contributed by atoms with Crippen LogP contribution >= 0.6 is 0 Å². The Labute approximate surface area is 111 Å². The number of hydrogen-bond donors (Lipinski definition) is 0. The van der Waals surface area contributed by atoms with Gasteiger partial charge in [0, 0.05) is 38.5 Å². The molecule has 3 rings (SSSR count). The lowest BCUT2D eigenvalue weighted by Crippen LogP contribution is -2.04. The normalized spacial score (nSPS) is 15.3. The zero-order valence-electron chi connectivity index (χ0n) is 11.1. The van der Waals surface area contributed by atoms with Gasteiger partial charge in [0.05, 0.1) is 16.8 Å². The molecule has 1 fully saturated rings. The lowest BCUT2D eigenvalue weighted by atomic mass is 10.1. The van der Waals surface area contributed by atoms with Gasteiger partial charge in [-0.05, 0) is 25.0 Å². The molecule has 0 aliphatic heterocycles. The Balaban J connectivity index is 2.09. The Bertz CT molecular complexity index is 653. The van der Waals surface area contributed by atoms with Crippen molar-refractivity contribution in [3.63, 3.8) is 0 Å². The lowest BCUT2D eigenvalue weighted by Gasteiger charge is -2.03. The van der Waals surface area contributed by atoms with Crippen molar-refractivity contribution in [1.82, 2.24) is 19.7 Å². The maximum Gasteiger partial charge on any atom is 0.191 e. The van der Waals surface area contributed by atoms with E-state index in [1.54, 1.807) is 23.1 Å². The summed E-state index contributed by atoms with van der Waals surface area (Å²) in [6, 6.07) is 3.72. The Morgan fingerprint density at radius 2 is 2.26 bits per heavy atom. The fraction of sp³-hybridized carbons (Fsp3) is 0.357. The van der Waals surface area contributed by atoms with Gasteiger partial charge in [-0.2, -0.15) is 14.8 Å². The second-order valence-electron chi connectivity index (χ2n) is 5.08. The van der Waals surface area contributed by atoms with Crippen molar-refractivity contribution in [1.29, 1.82) is 0 Å². The van der Waals surface area contributed by atoms with Gasteiger partial charge in [0.15, 0.2) is 5.78 Å². The molecular weight excluding hydrogens is 240 g/mol. The van der Waals surface area contributed by atoms with E-state index in [0.717, 1.165) is 24.1 Å². The van der Waals surface area contributed by atoms with Crippen LogP contribution < -0.4 is 0 Å². The highest BCUT2D eigenvalue weighted by molar-refractivity contribution is 6.10. The second kappa shape index (κ2) is 4.50. The highest BCUT2D eigenvalue weighted by Gasteiger charge is 2.32. The molecule has 2 heterocycles. The fourth-order valence-corrected chi connectivity index (χ4v) is 2.11. The van der Waals surface area contributed by atoms with Gasteiger partial charge in [0.25, 0.3) is 0 Å². The number of aromatic nitrogens is 3. The minimum absolute atomic E-state index is 0.00130. The van der Waals surface area contributed by atoms with E-state index in [1.165, 1.54) is 0 Å². The minimum atomic E-state index is -0.00130. The van der Waals surface area contributed by atoms with Crippen molar-refractivity contribution in [2.45, 2.75) is 18.8 Å². The van der Waals surface area contributed by atoms with Crippen LogP contribution in [0.15, 0.2) is 30.6 Å². The molecule has 2 aromatic heterocycles. The van der Waals surface area contributed by atoms with E-state index in [2.05, 4.69) is 10.2 Å². The summed E-state index contributed by atoms with van der Waals surface area (Å²) in [6.07, 6.45) is 7.26. The largest absolute Gasteiger partial charge is 0.383 e. The molecule has 0 atom stereocenters. The summed E-state index contributed by atoms with van der Waals surface area (Å²) in [7, 11) is 3.78. The predicted molar refractivity (Wildman–Crippen MR) is 72.1 cm³/mol. The summed E-state index contributed by atoms with van der Waals surface area (Å²) in [5.74, 6) is 0.423. The van der Waals surface area contributed by atoms with Crippen LogP contribution in [0.1, 0.15) is 34.8 Å². The monoisotopic (exact) mass is 256 g/mol. The number of fused-ring (bicyclic) bond motifs is 1. The highest BCUT2D eigenvalue weighted by Crippen LogP contribution is 2.41. The molecule has 1 aliphatic carbocycles. The zero-order chi connectivity index (χ0) is 13.4. The number of allylic oxidation sites excluding steroid dienone is 1. The third-order valence-electron chi connectivity index (χ3n) is 3.18. The minimum Gasteiger partial charge on any atom is -0.383 e.